The molecule has 0 aromatic heterocycles. The molecule has 0 aliphatic heterocycles. The second kappa shape index (κ2) is 6.65. The normalized spacial score (nSPS) is 19.0. The number of benzene rings is 2. The maximum atomic E-state index is 12.4. The average Bonchev–Trinajstić information content (AvgIpc) is 3.41. The number of carbonyl (C=O) groups is 2. The van der Waals surface area contributed by atoms with E-state index in [1.165, 1.54) is 0 Å². The Morgan fingerprint density at radius 1 is 1.00 bits per heavy atom. The Balaban J connectivity index is 1.52. The van der Waals surface area contributed by atoms with Gasteiger partial charge in [0.05, 0.1) is 11.8 Å². The summed E-state index contributed by atoms with van der Waals surface area (Å²) in [5.74, 6) is -0.418. The molecule has 2 atom stereocenters. The van der Waals surface area contributed by atoms with Gasteiger partial charge in [0.15, 0.2) is 0 Å². The van der Waals surface area contributed by atoms with Crippen LogP contribution in [-0.2, 0) is 16.1 Å². The molecular weight excluding hydrogens is 288 g/mol. The Hall–Kier alpha value is -2.62. The lowest BCUT2D eigenvalue weighted by Crippen LogP contribution is -2.31. The number of nitrogens with one attached hydrogen (secondary N) is 1. The van der Waals surface area contributed by atoms with Gasteiger partial charge in [0, 0.05) is 19.3 Å². The van der Waals surface area contributed by atoms with E-state index in [1.807, 2.05) is 60.7 Å². The monoisotopic (exact) mass is 308 g/mol. The van der Waals surface area contributed by atoms with Crippen LogP contribution < -0.4 is 10.2 Å². The summed E-state index contributed by atoms with van der Waals surface area (Å²) in [6.07, 6.45) is 0.636. The third-order valence-electron chi connectivity index (χ3n) is 4.23. The lowest BCUT2D eigenvalue weighted by Gasteiger charge is -2.17. The van der Waals surface area contributed by atoms with Gasteiger partial charge < -0.3 is 10.2 Å². The standard InChI is InChI=1S/C19H20N2O2/c1-21(15-10-6-3-7-11-15)19(23)17-12-16(17)18(22)20-13-14-8-4-2-5-9-14/h2-11,16-17H,12-13H2,1H3,(H,20,22). The molecule has 0 bridgehead atoms. The number of anilines is 1. The first kappa shape index (κ1) is 15.3. The number of para-hydroxylation sites is 1. The highest BCUT2D eigenvalue weighted by atomic mass is 16.2. The molecule has 1 N–H and O–H groups in total. The van der Waals surface area contributed by atoms with Gasteiger partial charge in [0.25, 0.3) is 0 Å². The van der Waals surface area contributed by atoms with E-state index in [-0.39, 0.29) is 23.7 Å². The summed E-state index contributed by atoms with van der Waals surface area (Å²) < 4.78 is 0. The van der Waals surface area contributed by atoms with Gasteiger partial charge >= 0.3 is 0 Å². The fourth-order valence-electron chi connectivity index (χ4n) is 2.70. The largest absolute Gasteiger partial charge is 0.352 e. The van der Waals surface area contributed by atoms with E-state index in [0.29, 0.717) is 13.0 Å². The Labute approximate surface area is 136 Å². The summed E-state index contributed by atoms with van der Waals surface area (Å²) in [5, 5.41) is 2.91. The van der Waals surface area contributed by atoms with Crippen molar-refractivity contribution >= 4 is 17.5 Å². The van der Waals surface area contributed by atoms with Gasteiger partial charge in [-0.1, -0.05) is 48.5 Å². The van der Waals surface area contributed by atoms with Crippen LogP contribution in [0.3, 0.4) is 0 Å². The van der Waals surface area contributed by atoms with Crippen LogP contribution in [0.4, 0.5) is 5.69 Å². The first-order valence-electron chi connectivity index (χ1n) is 7.81. The van der Waals surface area contributed by atoms with Gasteiger partial charge in [0.1, 0.15) is 0 Å². The molecule has 0 spiro atoms. The van der Waals surface area contributed by atoms with E-state index in [9.17, 15) is 9.59 Å². The van der Waals surface area contributed by atoms with Crippen LogP contribution in [0.2, 0.25) is 0 Å². The molecular formula is C19H20N2O2. The van der Waals surface area contributed by atoms with Crippen molar-refractivity contribution in [1.29, 1.82) is 0 Å². The predicted octanol–water partition coefficient (Wildman–Crippen LogP) is 2.60. The van der Waals surface area contributed by atoms with Gasteiger partial charge in [-0.15, -0.1) is 0 Å². The van der Waals surface area contributed by atoms with Crippen LogP contribution >= 0.6 is 0 Å². The van der Waals surface area contributed by atoms with Crippen LogP contribution in [0, 0.1) is 11.8 Å². The number of hydrogen-bond acceptors (Lipinski definition) is 2. The van der Waals surface area contributed by atoms with Crippen LogP contribution in [0.5, 0.6) is 0 Å². The molecule has 2 aromatic carbocycles. The second-order valence-electron chi connectivity index (χ2n) is 5.88. The summed E-state index contributed by atoms with van der Waals surface area (Å²) in [6, 6.07) is 19.3. The van der Waals surface area contributed by atoms with Gasteiger partial charge in [0.2, 0.25) is 11.8 Å². The molecule has 0 radical (unpaired) electrons. The molecule has 3 rings (SSSR count). The fourth-order valence-corrected chi connectivity index (χ4v) is 2.70. The van der Waals surface area contributed by atoms with Crippen molar-refractivity contribution < 1.29 is 9.59 Å². The predicted molar refractivity (Wildman–Crippen MR) is 89.7 cm³/mol. The van der Waals surface area contributed by atoms with Crippen molar-refractivity contribution in [3.05, 3.63) is 66.2 Å². The Morgan fingerprint density at radius 2 is 1.61 bits per heavy atom. The summed E-state index contributed by atoms with van der Waals surface area (Å²) in [4.78, 5) is 26.2. The Morgan fingerprint density at radius 3 is 2.26 bits per heavy atom. The molecule has 2 amide bonds. The molecule has 4 heteroatoms. The zero-order chi connectivity index (χ0) is 16.2. The number of amides is 2. The molecule has 1 aliphatic carbocycles. The van der Waals surface area contributed by atoms with Crippen LogP contribution in [0.1, 0.15) is 12.0 Å². The lowest BCUT2D eigenvalue weighted by atomic mass is 10.2. The number of hydrogen-bond donors (Lipinski definition) is 1. The van der Waals surface area contributed by atoms with Crippen LogP contribution in [-0.4, -0.2) is 18.9 Å². The summed E-state index contributed by atoms with van der Waals surface area (Å²) in [5.41, 5.74) is 1.92. The molecule has 0 saturated heterocycles. The molecule has 118 valence electrons. The first-order valence-corrected chi connectivity index (χ1v) is 7.81. The second-order valence-corrected chi connectivity index (χ2v) is 5.88. The average molecular weight is 308 g/mol. The van der Waals surface area contributed by atoms with Crippen LogP contribution in [0.25, 0.3) is 0 Å². The van der Waals surface area contributed by atoms with Gasteiger partial charge in [-0.2, -0.15) is 0 Å². The molecule has 23 heavy (non-hydrogen) atoms. The summed E-state index contributed by atoms with van der Waals surface area (Å²) in [7, 11) is 1.76. The summed E-state index contributed by atoms with van der Waals surface area (Å²) >= 11 is 0. The van der Waals surface area contributed by atoms with E-state index in [4.69, 9.17) is 0 Å². The van der Waals surface area contributed by atoms with E-state index in [2.05, 4.69) is 5.32 Å². The molecule has 1 aliphatic rings. The van der Waals surface area contributed by atoms with Crippen molar-refractivity contribution in [3.8, 4) is 0 Å². The molecule has 0 heterocycles. The summed E-state index contributed by atoms with van der Waals surface area (Å²) in [6.45, 7) is 0.506. The molecule has 1 saturated carbocycles. The Kier molecular flexibility index (Phi) is 4.42. The fraction of sp³-hybridized carbons (Fsp3) is 0.263. The zero-order valence-electron chi connectivity index (χ0n) is 13.1. The van der Waals surface area contributed by atoms with Crippen molar-refractivity contribution in [2.24, 2.45) is 11.8 Å². The highest BCUT2D eigenvalue weighted by Crippen LogP contribution is 2.40. The van der Waals surface area contributed by atoms with Crippen LogP contribution in [0.15, 0.2) is 60.7 Å². The molecule has 2 aromatic rings. The molecule has 1 fully saturated rings. The van der Waals surface area contributed by atoms with E-state index < -0.39 is 0 Å². The van der Waals surface area contributed by atoms with Crippen molar-refractivity contribution in [2.75, 3.05) is 11.9 Å². The lowest BCUT2D eigenvalue weighted by molar-refractivity contribution is -0.126. The third kappa shape index (κ3) is 3.59. The minimum atomic E-state index is -0.198. The first-order chi connectivity index (χ1) is 11.2. The Bertz CT molecular complexity index is 685. The topological polar surface area (TPSA) is 49.4 Å². The quantitative estimate of drug-likeness (QED) is 0.923. The van der Waals surface area contributed by atoms with Crippen molar-refractivity contribution in [1.82, 2.24) is 5.32 Å². The SMILES string of the molecule is CN(C(=O)C1CC1C(=O)NCc1ccccc1)c1ccccc1. The zero-order valence-corrected chi connectivity index (χ0v) is 13.1. The highest BCUT2D eigenvalue weighted by molar-refractivity contribution is 6.00. The number of rotatable bonds is 5. The minimum Gasteiger partial charge on any atom is -0.352 e. The van der Waals surface area contributed by atoms with E-state index in [0.717, 1.165) is 11.3 Å². The van der Waals surface area contributed by atoms with E-state index >= 15 is 0 Å². The minimum absolute atomic E-state index is 0.0102. The highest BCUT2D eigenvalue weighted by Gasteiger charge is 2.49. The maximum Gasteiger partial charge on any atom is 0.230 e. The number of carbonyl (C=O) groups excluding carboxylic acids is 2. The number of nitrogens with zero attached hydrogens (tertiary/aromatic N) is 1. The maximum absolute atomic E-state index is 12.4. The third-order valence-corrected chi connectivity index (χ3v) is 4.23. The van der Waals surface area contributed by atoms with Gasteiger partial charge in [-0.3, -0.25) is 9.59 Å². The van der Waals surface area contributed by atoms with Crippen molar-refractivity contribution in [3.63, 3.8) is 0 Å². The van der Waals surface area contributed by atoms with Crippen molar-refractivity contribution in [2.45, 2.75) is 13.0 Å². The molecule has 2 unspecified atom stereocenters. The van der Waals surface area contributed by atoms with Gasteiger partial charge in [-0.05, 0) is 24.1 Å². The van der Waals surface area contributed by atoms with E-state index in [1.54, 1.807) is 11.9 Å². The smallest absolute Gasteiger partial charge is 0.230 e. The van der Waals surface area contributed by atoms with Gasteiger partial charge in [-0.25, -0.2) is 0 Å². The molecule has 4 nitrogen and oxygen atoms in total.